The molecule has 1 aliphatic rings. The fraction of sp³-hybridized carbons (Fsp3) is 0.562. The van der Waals surface area contributed by atoms with Crippen LogP contribution in [0.2, 0.25) is 0 Å². The summed E-state index contributed by atoms with van der Waals surface area (Å²) in [6, 6.07) is 10.9. The Morgan fingerprint density at radius 3 is 2.68 bits per heavy atom. The molecule has 3 nitrogen and oxygen atoms in total. The van der Waals surface area contributed by atoms with Crippen LogP contribution in [0.1, 0.15) is 38.7 Å². The predicted molar refractivity (Wildman–Crippen MR) is 75.8 cm³/mol. The smallest absolute Gasteiger partial charge is 0.119 e. The summed E-state index contributed by atoms with van der Waals surface area (Å²) in [7, 11) is 0. The highest BCUT2D eigenvalue weighted by Crippen LogP contribution is 2.25. The molecule has 2 unspecified atom stereocenters. The van der Waals surface area contributed by atoms with Gasteiger partial charge in [0.05, 0.1) is 18.1 Å². The van der Waals surface area contributed by atoms with E-state index in [0.717, 1.165) is 31.6 Å². The molecule has 0 heterocycles. The van der Waals surface area contributed by atoms with Crippen LogP contribution in [0.15, 0.2) is 24.3 Å². The maximum absolute atomic E-state index is 9.05. The summed E-state index contributed by atoms with van der Waals surface area (Å²) in [5.74, 6) is 1.10. The Morgan fingerprint density at radius 2 is 2.05 bits per heavy atom. The van der Waals surface area contributed by atoms with E-state index in [-0.39, 0.29) is 12.0 Å². The fourth-order valence-electron chi connectivity index (χ4n) is 2.57. The number of hydrogen-bond donors (Lipinski definition) is 1. The molecule has 0 radical (unpaired) electrons. The highest BCUT2D eigenvalue weighted by molar-refractivity contribution is 5.27. The molecule has 0 spiro atoms. The molecule has 0 aliphatic heterocycles. The Morgan fingerprint density at radius 1 is 1.32 bits per heavy atom. The van der Waals surface area contributed by atoms with Crippen LogP contribution < -0.4 is 10.1 Å². The molecule has 1 fully saturated rings. The average molecular weight is 258 g/mol. The second-order valence-electron chi connectivity index (χ2n) is 5.46. The van der Waals surface area contributed by atoms with Gasteiger partial charge in [-0.25, -0.2) is 0 Å². The maximum atomic E-state index is 9.05. The van der Waals surface area contributed by atoms with E-state index in [9.17, 15) is 0 Å². The summed E-state index contributed by atoms with van der Waals surface area (Å²) >= 11 is 0. The lowest BCUT2D eigenvalue weighted by molar-refractivity contribution is 0.242. The first-order chi connectivity index (χ1) is 9.19. The Kier molecular flexibility index (Phi) is 4.81. The van der Waals surface area contributed by atoms with Crippen molar-refractivity contribution in [1.82, 2.24) is 5.32 Å². The van der Waals surface area contributed by atoms with Gasteiger partial charge in [-0.05, 0) is 44.4 Å². The highest BCUT2D eigenvalue weighted by atomic mass is 16.5. The lowest BCUT2D eigenvalue weighted by Gasteiger charge is -2.16. The number of nitriles is 1. The van der Waals surface area contributed by atoms with Crippen molar-refractivity contribution < 1.29 is 4.74 Å². The SMILES string of the molecule is CC(C)Oc1ccc(CNC2CCCC2C#N)cc1. The molecule has 2 atom stereocenters. The van der Waals surface area contributed by atoms with E-state index in [2.05, 4.69) is 23.5 Å². The first-order valence-corrected chi connectivity index (χ1v) is 7.07. The van der Waals surface area contributed by atoms with Crippen molar-refractivity contribution in [2.45, 2.75) is 51.8 Å². The van der Waals surface area contributed by atoms with Gasteiger partial charge >= 0.3 is 0 Å². The third kappa shape index (κ3) is 3.97. The van der Waals surface area contributed by atoms with Gasteiger partial charge in [-0.1, -0.05) is 18.6 Å². The Balaban J connectivity index is 1.85. The molecule has 0 saturated heterocycles. The third-order valence-electron chi connectivity index (χ3n) is 3.55. The molecule has 1 aromatic rings. The van der Waals surface area contributed by atoms with Crippen LogP contribution in [0.5, 0.6) is 5.75 Å². The van der Waals surface area contributed by atoms with E-state index in [1.807, 2.05) is 26.0 Å². The van der Waals surface area contributed by atoms with Crippen molar-refractivity contribution in [3.05, 3.63) is 29.8 Å². The van der Waals surface area contributed by atoms with Crippen molar-refractivity contribution in [2.24, 2.45) is 5.92 Å². The van der Waals surface area contributed by atoms with Crippen LogP contribution in [0.4, 0.5) is 0 Å². The minimum absolute atomic E-state index is 0.184. The van der Waals surface area contributed by atoms with Crippen molar-refractivity contribution in [3.63, 3.8) is 0 Å². The molecule has 3 heteroatoms. The van der Waals surface area contributed by atoms with Crippen molar-refractivity contribution in [3.8, 4) is 11.8 Å². The van der Waals surface area contributed by atoms with Crippen LogP contribution in [-0.4, -0.2) is 12.1 Å². The second kappa shape index (κ2) is 6.58. The summed E-state index contributed by atoms with van der Waals surface area (Å²) in [6.45, 7) is 4.87. The Bertz CT molecular complexity index is 433. The zero-order valence-corrected chi connectivity index (χ0v) is 11.7. The van der Waals surface area contributed by atoms with Gasteiger partial charge in [0.1, 0.15) is 5.75 Å². The summed E-state index contributed by atoms with van der Waals surface area (Å²) in [5, 5.41) is 12.5. The topological polar surface area (TPSA) is 45.0 Å². The Hall–Kier alpha value is -1.53. The first kappa shape index (κ1) is 13.9. The third-order valence-corrected chi connectivity index (χ3v) is 3.55. The molecule has 1 aliphatic carbocycles. The van der Waals surface area contributed by atoms with Crippen LogP contribution >= 0.6 is 0 Å². The molecule has 102 valence electrons. The van der Waals surface area contributed by atoms with Crippen molar-refractivity contribution in [1.29, 1.82) is 5.26 Å². The van der Waals surface area contributed by atoms with Gasteiger partial charge in [-0.3, -0.25) is 0 Å². The van der Waals surface area contributed by atoms with Crippen molar-refractivity contribution in [2.75, 3.05) is 0 Å². The zero-order valence-electron chi connectivity index (χ0n) is 11.7. The van der Waals surface area contributed by atoms with E-state index in [1.54, 1.807) is 0 Å². The van der Waals surface area contributed by atoms with Gasteiger partial charge in [0.15, 0.2) is 0 Å². The van der Waals surface area contributed by atoms with Crippen LogP contribution in [0.3, 0.4) is 0 Å². The number of hydrogen-bond acceptors (Lipinski definition) is 3. The summed E-state index contributed by atoms with van der Waals surface area (Å²) in [5.41, 5.74) is 1.24. The number of nitrogens with one attached hydrogen (secondary N) is 1. The molecular weight excluding hydrogens is 236 g/mol. The molecule has 0 amide bonds. The maximum Gasteiger partial charge on any atom is 0.119 e. The number of ether oxygens (including phenoxy) is 1. The first-order valence-electron chi connectivity index (χ1n) is 7.07. The molecule has 0 bridgehead atoms. The van der Waals surface area contributed by atoms with Gasteiger partial charge in [-0.2, -0.15) is 5.26 Å². The summed E-state index contributed by atoms with van der Waals surface area (Å²) in [6.07, 6.45) is 3.53. The quantitative estimate of drug-likeness (QED) is 0.881. The van der Waals surface area contributed by atoms with Crippen LogP contribution in [0.25, 0.3) is 0 Å². The molecular formula is C16H22N2O. The largest absolute Gasteiger partial charge is 0.491 e. The number of rotatable bonds is 5. The standard InChI is InChI=1S/C16H22N2O/c1-12(2)19-15-8-6-13(7-9-15)11-18-16-5-3-4-14(16)10-17/h6-9,12,14,16,18H,3-5,11H2,1-2H3. The molecule has 1 saturated carbocycles. The number of nitrogens with zero attached hydrogens (tertiary/aromatic N) is 1. The lowest BCUT2D eigenvalue weighted by atomic mass is 10.1. The monoisotopic (exact) mass is 258 g/mol. The van der Waals surface area contributed by atoms with Gasteiger partial charge in [0.25, 0.3) is 0 Å². The molecule has 1 aromatic carbocycles. The van der Waals surface area contributed by atoms with E-state index in [1.165, 1.54) is 5.56 Å². The van der Waals surface area contributed by atoms with E-state index in [4.69, 9.17) is 10.00 Å². The molecule has 2 rings (SSSR count). The Labute approximate surface area is 115 Å². The van der Waals surface area contributed by atoms with Crippen molar-refractivity contribution >= 4 is 0 Å². The van der Waals surface area contributed by atoms with Gasteiger partial charge in [-0.15, -0.1) is 0 Å². The van der Waals surface area contributed by atoms with Gasteiger partial charge in [0.2, 0.25) is 0 Å². The molecule has 1 N–H and O–H groups in total. The minimum atomic E-state index is 0.184. The van der Waals surface area contributed by atoms with E-state index < -0.39 is 0 Å². The van der Waals surface area contributed by atoms with E-state index in [0.29, 0.717) is 6.04 Å². The summed E-state index contributed by atoms with van der Waals surface area (Å²) < 4.78 is 5.62. The van der Waals surface area contributed by atoms with E-state index >= 15 is 0 Å². The van der Waals surface area contributed by atoms with Gasteiger partial charge < -0.3 is 10.1 Å². The van der Waals surface area contributed by atoms with Crippen LogP contribution in [-0.2, 0) is 6.54 Å². The van der Waals surface area contributed by atoms with Gasteiger partial charge in [0, 0.05) is 12.6 Å². The number of benzene rings is 1. The second-order valence-corrected chi connectivity index (χ2v) is 5.46. The fourth-order valence-corrected chi connectivity index (χ4v) is 2.57. The predicted octanol–water partition coefficient (Wildman–Crippen LogP) is 3.26. The highest BCUT2D eigenvalue weighted by Gasteiger charge is 2.26. The lowest BCUT2D eigenvalue weighted by Crippen LogP contribution is -2.31. The normalized spacial score (nSPS) is 22.4. The molecule has 0 aromatic heterocycles. The zero-order chi connectivity index (χ0) is 13.7. The van der Waals surface area contributed by atoms with Crippen LogP contribution in [0, 0.1) is 17.2 Å². The molecule has 19 heavy (non-hydrogen) atoms. The average Bonchev–Trinajstić information content (AvgIpc) is 2.84. The summed E-state index contributed by atoms with van der Waals surface area (Å²) in [4.78, 5) is 0. The minimum Gasteiger partial charge on any atom is -0.491 e.